The van der Waals surface area contributed by atoms with Crippen LogP contribution in [0.15, 0.2) is 29.8 Å². The van der Waals surface area contributed by atoms with Gasteiger partial charge in [-0.25, -0.2) is 0 Å². The van der Waals surface area contributed by atoms with Gasteiger partial charge in [0.25, 0.3) is 0 Å². The molecule has 3 unspecified atom stereocenters. The number of carbonyl (C=O) groups excluding carboxylic acids is 1. The Bertz CT molecular complexity index is 977. The van der Waals surface area contributed by atoms with Crippen LogP contribution >= 0.6 is 11.3 Å². The second-order valence-electron chi connectivity index (χ2n) is 9.47. The topological polar surface area (TPSA) is 45.2 Å². The normalized spacial score (nSPS) is 27.4. The maximum atomic E-state index is 13.8. The number of hydrogen-bond donors (Lipinski definition) is 1. The molecular weight excluding hydrogens is 435 g/mol. The van der Waals surface area contributed by atoms with Crippen molar-refractivity contribution in [1.82, 2.24) is 15.2 Å². The zero-order chi connectivity index (χ0) is 22.3. The molecule has 3 aliphatic rings. The third-order valence-corrected chi connectivity index (χ3v) is 8.54. The maximum absolute atomic E-state index is 13.8. The lowest BCUT2D eigenvalue weighted by molar-refractivity contribution is -0.144. The van der Waals surface area contributed by atoms with E-state index in [9.17, 15) is 18.0 Å². The van der Waals surface area contributed by atoms with Crippen LogP contribution in [0.4, 0.5) is 13.2 Å². The van der Waals surface area contributed by atoms with Gasteiger partial charge in [0.2, 0.25) is 5.91 Å². The average Bonchev–Trinajstić information content (AvgIpc) is 3.48. The summed E-state index contributed by atoms with van der Waals surface area (Å²) in [5.74, 6) is 0.515. The zero-order valence-electron chi connectivity index (χ0n) is 18.0. The Hall–Kier alpha value is -1.93. The average molecular weight is 464 g/mol. The van der Waals surface area contributed by atoms with Gasteiger partial charge in [0.15, 0.2) is 0 Å². The summed E-state index contributed by atoms with van der Waals surface area (Å²) in [6.45, 7) is 1.68. The maximum Gasteiger partial charge on any atom is 0.417 e. The quantitative estimate of drug-likeness (QED) is 0.691. The number of aromatic nitrogens is 1. The van der Waals surface area contributed by atoms with E-state index in [0.717, 1.165) is 51.3 Å². The van der Waals surface area contributed by atoms with E-state index < -0.39 is 11.7 Å². The first-order chi connectivity index (χ1) is 15.3. The van der Waals surface area contributed by atoms with E-state index in [4.69, 9.17) is 0 Å². The van der Waals surface area contributed by atoms with E-state index in [1.54, 1.807) is 16.2 Å². The van der Waals surface area contributed by atoms with E-state index in [1.165, 1.54) is 10.9 Å². The number of hydrogen-bond acceptors (Lipinski definition) is 4. The van der Waals surface area contributed by atoms with Crippen molar-refractivity contribution < 1.29 is 18.0 Å². The Morgan fingerprint density at radius 2 is 2.25 bits per heavy atom. The van der Waals surface area contributed by atoms with Gasteiger partial charge in [0.05, 0.1) is 11.0 Å². The second kappa shape index (κ2) is 8.45. The molecule has 0 saturated heterocycles. The van der Waals surface area contributed by atoms with Gasteiger partial charge >= 0.3 is 6.18 Å². The smallest absolute Gasteiger partial charge is 0.337 e. The van der Waals surface area contributed by atoms with Crippen LogP contribution < -0.4 is 5.32 Å². The lowest BCUT2D eigenvalue weighted by atomic mass is 9.78. The van der Waals surface area contributed by atoms with Gasteiger partial charge < -0.3 is 10.2 Å². The number of nitrogens with zero attached hydrogens (tertiary/aromatic N) is 2. The molecule has 2 aliphatic carbocycles. The van der Waals surface area contributed by atoms with Crippen LogP contribution in [0.1, 0.15) is 53.8 Å². The van der Waals surface area contributed by atoms with Gasteiger partial charge in [-0.2, -0.15) is 13.2 Å². The van der Waals surface area contributed by atoms with Crippen LogP contribution in [-0.2, 0) is 30.4 Å². The molecule has 0 bridgehead atoms. The lowest BCUT2D eigenvalue weighted by Crippen LogP contribution is -2.47. The van der Waals surface area contributed by atoms with Gasteiger partial charge in [-0.3, -0.25) is 9.78 Å². The van der Waals surface area contributed by atoms with Gasteiger partial charge in [-0.15, -0.1) is 11.3 Å². The van der Waals surface area contributed by atoms with E-state index in [0.29, 0.717) is 36.2 Å². The minimum atomic E-state index is -4.42. The van der Waals surface area contributed by atoms with E-state index in [2.05, 4.69) is 27.8 Å². The van der Waals surface area contributed by atoms with Crippen molar-refractivity contribution in [3.05, 3.63) is 51.5 Å². The zero-order valence-corrected chi connectivity index (χ0v) is 18.8. The van der Waals surface area contributed by atoms with Crippen molar-refractivity contribution >= 4 is 17.2 Å². The molecule has 172 valence electrons. The summed E-state index contributed by atoms with van der Waals surface area (Å²) in [5.41, 5.74) is 0.127. The summed E-state index contributed by atoms with van der Waals surface area (Å²) in [5, 5.41) is 5.76. The number of rotatable bonds is 5. The fraction of sp³-hybridized carbons (Fsp3) is 0.583. The van der Waals surface area contributed by atoms with Crippen LogP contribution in [0.5, 0.6) is 0 Å². The Morgan fingerprint density at radius 1 is 1.38 bits per heavy atom. The molecule has 4 nitrogen and oxygen atoms in total. The Kier molecular flexibility index (Phi) is 5.78. The molecule has 5 rings (SSSR count). The third-order valence-electron chi connectivity index (χ3n) is 7.60. The monoisotopic (exact) mass is 463 g/mol. The molecule has 2 saturated carbocycles. The highest BCUT2D eigenvalue weighted by Gasteiger charge is 2.56. The third kappa shape index (κ3) is 4.07. The van der Waals surface area contributed by atoms with E-state index in [1.807, 2.05) is 0 Å². The van der Waals surface area contributed by atoms with Crippen molar-refractivity contribution in [3.63, 3.8) is 0 Å². The molecule has 1 aliphatic heterocycles. The Morgan fingerprint density at radius 3 is 3.03 bits per heavy atom. The van der Waals surface area contributed by atoms with Crippen molar-refractivity contribution in [2.45, 2.75) is 63.7 Å². The van der Waals surface area contributed by atoms with Gasteiger partial charge in [-0.05, 0) is 61.1 Å². The van der Waals surface area contributed by atoms with Crippen molar-refractivity contribution in [2.24, 2.45) is 11.3 Å². The molecule has 3 atom stereocenters. The number of amides is 1. The summed E-state index contributed by atoms with van der Waals surface area (Å²) < 4.78 is 39.4. The Balaban J connectivity index is 1.27. The fourth-order valence-corrected chi connectivity index (χ4v) is 6.78. The minimum Gasteiger partial charge on any atom is -0.337 e. The fourth-order valence-electron chi connectivity index (χ4n) is 6.07. The predicted molar refractivity (Wildman–Crippen MR) is 117 cm³/mol. The number of nitrogens with one attached hydrogen (secondary N) is 1. The molecule has 2 aromatic heterocycles. The molecular formula is C24H28F3N3OS. The molecule has 8 heteroatoms. The van der Waals surface area contributed by atoms with Crippen LogP contribution in [0.3, 0.4) is 0 Å². The standard InChI is InChI=1S/C24H28F3N3OS/c25-24(26,27)18-11-16-15-30(9-6-21(16)29-14-18)22(31)23-7-1-3-17(23)12-19(13-23)28-8-5-20-4-2-10-32-20/h2,4,10-11,14,17,19,28H,1,3,5-9,12-13,15H2. The van der Waals surface area contributed by atoms with Gasteiger partial charge in [0.1, 0.15) is 0 Å². The summed E-state index contributed by atoms with van der Waals surface area (Å²) in [4.78, 5) is 21.0. The first-order valence-electron chi connectivity index (χ1n) is 11.5. The van der Waals surface area contributed by atoms with E-state index in [-0.39, 0.29) is 17.9 Å². The molecule has 0 spiro atoms. The van der Waals surface area contributed by atoms with Gasteiger partial charge in [-0.1, -0.05) is 12.5 Å². The minimum absolute atomic E-state index is 0.144. The number of fused-ring (bicyclic) bond motifs is 2. The van der Waals surface area contributed by atoms with Crippen molar-refractivity contribution in [1.29, 1.82) is 0 Å². The summed E-state index contributed by atoms with van der Waals surface area (Å²) in [6.07, 6.45) is 2.87. The molecule has 2 fully saturated rings. The van der Waals surface area contributed by atoms with Gasteiger partial charge in [0, 0.05) is 48.9 Å². The summed E-state index contributed by atoms with van der Waals surface area (Å²) in [7, 11) is 0. The van der Waals surface area contributed by atoms with Crippen molar-refractivity contribution in [3.8, 4) is 0 Å². The van der Waals surface area contributed by atoms with Crippen LogP contribution in [0.2, 0.25) is 0 Å². The highest BCUT2D eigenvalue weighted by molar-refractivity contribution is 7.09. The first-order valence-corrected chi connectivity index (χ1v) is 12.3. The lowest BCUT2D eigenvalue weighted by Gasteiger charge is -2.37. The van der Waals surface area contributed by atoms with E-state index >= 15 is 0 Å². The summed E-state index contributed by atoms with van der Waals surface area (Å²) in [6, 6.07) is 5.72. The Labute approximate surface area is 190 Å². The molecule has 0 aromatic carbocycles. The summed E-state index contributed by atoms with van der Waals surface area (Å²) >= 11 is 1.77. The second-order valence-corrected chi connectivity index (χ2v) is 10.5. The number of thiophene rings is 1. The first kappa shape index (κ1) is 21.9. The molecule has 3 heterocycles. The molecule has 1 N–H and O–H groups in total. The molecule has 2 aromatic rings. The number of pyridine rings is 1. The van der Waals surface area contributed by atoms with Crippen LogP contribution in [0.25, 0.3) is 0 Å². The molecule has 1 amide bonds. The predicted octanol–water partition coefficient (Wildman–Crippen LogP) is 4.83. The van der Waals surface area contributed by atoms with Crippen molar-refractivity contribution in [2.75, 3.05) is 13.1 Å². The number of halogens is 3. The SMILES string of the molecule is O=C(N1CCc2ncc(C(F)(F)F)cc2C1)C12CCCC1CC(NCCc1cccs1)C2. The molecule has 0 radical (unpaired) electrons. The number of carbonyl (C=O) groups is 1. The van der Waals surface area contributed by atoms with Crippen LogP contribution in [0, 0.1) is 11.3 Å². The number of alkyl halides is 3. The highest BCUT2D eigenvalue weighted by Crippen LogP contribution is 2.55. The largest absolute Gasteiger partial charge is 0.417 e. The highest BCUT2D eigenvalue weighted by atomic mass is 32.1. The molecule has 32 heavy (non-hydrogen) atoms. The van der Waals surface area contributed by atoms with Crippen LogP contribution in [-0.4, -0.2) is 34.9 Å².